The molecule has 4 nitrogen and oxygen atoms in total. The third-order valence-corrected chi connectivity index (χ3v) is 3.58. The van der Waals surface area contributed by atoms with Crippen molar-refractivity contribution in [1.29, 1.82) is 0 Å². The van der Waals surface area contributed by atoms with E-state index in [-0.39, 0.29) is 18.4 Å². The summed E-state index contributed by atoms with van der Waals surface area (Å²) in [6, 6.07) is 7.79. The van der Waals surface area contributed by atoms with Gasteiger partial charge in [0.15, 0.2) is 0 Å². The highest BCUT2D eigenvalue weighted by atomic mass is 16.3. The molecule has 0 spiro atoms. The van der Waals surface area contributed by atoms with Gasteiger partial charge in [-0.25, -0.2) is 0 Å². The Kier molecular flexibility index (Phi) is 4.33. The molecule has 18 heavy (non-hydrogen) atoms. The monoisotopic (exact) mass is 248 g/mol. The molecule has 1 aromatic carbocycles. The molecular weight excluding hydrogens is 228 g/mol. The van der Waals surface area contributed by atoms with Crippen molar-refractivity contribution in [2.45, 2.75) is 19.4 Å². The van der Waals surface area contributed by atoms with Gasteiger partial charge in [0.25, 0.3) is 0 Å². The average molecular weight is 248 g/mol. The Morgan fingerprint density at radius 2 is 2.11 bits per heavy atom. The van der Waals surface area contributed by atoms with Crippen molar-refractivity contribution in [3.63, 3.8) is 0 Å². The number of nitrogens with zero attached hydrogens (tertiary/aromatic N) is 1. The molecule has 1 aromatic rings. The molecule has 0 bridgehead atoms. The van der Waals surface area contributed by atoms with Crippen LogP contribution in [0.4, 0.5) is 0 Å². The molecule has 0 aromatic heterocycles. The first-order valence-corrected chi connectivity index (χ1v) is 6.40. The van der Waals surface area contributed by atoms with E-state index in [0.717, 1.165) is 24.1 Å². The summed E-state index contributed by atoms with van der Waals surface area (Å²) in [6.07, 6.45) is 1.31. The minimum Gasteiger partial charge on any atom is -0.396 e. The van der Waals surface area contributed by atoms with Gasteiger partial charge in [-0.2, -0.15) is 0 Å². The van der Waals surface area contributed by atoms with Crippen LogP contribution in [-0.2, 0) is 17.8 Å². The van der Waals surface area contributed by atoms with Crippen molar-refractivity contribution in [3.05, 3.63) is 35.4 Å². The van der Waals surface area contributed by atoms with E-state index in [4.69, 9.17) is 10.8 Å². The number of benzene rings is 1. The summed E-state index contributed by atoms with van der Waals surface area (Å²) >= 11 is 0. The lowest BCUT2D eigenvalue weighted by Crippen LogP contribution is -2.30. The van der Waals surface area contributed by atoms with Crippen molar-refractivity contribution in [2.24, 2.45) is 11.7 Å². The number of hydrogen-bond acceptors (Lipinski definition) is 3. The first-order chi connectivity index (χ1) is 8.74. The molecule has 4 heteroatoms. The zero-order chi connectivity index (χ0) is 13.0. The van der Waals surface area contributed by atoms with E-state index in [9.17, 15) is 4.79 Å². The quantitative estimate of drug-likeness (QED) is 0.816. The van der Waals surface area contributed by atoms with E-state index >= 15 is 0 Å². The van der Waals surface area contributed by atoms with Gasteiger partial charge in [-0.3, -0.25) is 4.79 Å². The van der Waals surface area contributed by atoms with Gasteiger partial charge < -0.3 is 15.7 Å². The topological polar surface area (TPSA) is 66.6 Å². The van der Waals surface area contributed by atoms with Crippen LogP contribution in [0.15, 0.2) is 24.3 Å². The summed E-state index contributed by atoms with van der Waals surface area (Å²) < 4.78 is 0. The molecule has 0 radical (unpaired) electrons. The van der Waals surface area contributed by atoms with Gasteiger partial charge in [0.1, 0.15) is 0 Å². The molecule has 3 N–H and O–H groups in total. The standard InChI is InChI=1S/C14H20N2O2/c15-8-13-4-2-1-3-12(13)7-14(18)16-6-5-11(9-16)10-17/h1-4,11,17H,5-10,15H2. The fraction of sp³-hybridized carbons (Fsp3) is 0.500. The third-order valence-electron chi connectivity index (χ3n) is 3.58. The molecule has 2 rings (SSSR count). The zero-order valence-electron chi connectivity index (χ0n) is 10.5. The molecular formula is C14H20N2O2. The van der Waals surface area contributed by atoms with Crippen LogP contribution in [0.2, 0.25) is 0 Å². The van der Waals surface area contributed by atoms with Crippen molar-refractivity contribution in [3.8, 4) is 0 Å². The summed E-state index contributed by atoms with van der Waals surface area (Å²) in [4.78, 5) is 14.0. The molecule has 1 atom stereocenters. The molecule has 1 amide bonds. The lowest BCUT2D eigenvalue weighted by molar-refractivity contribution is -0.129. The van der Waals surface area contributed by atoms with Crippen molar-refractivity contribution in [1.82, 2.24) is 4.90 Å². The van der Waals surface area contributed by atoms with Crippen LogP contribution in [0.3, 0.4) is 0 Å². The van der Waals surface area contributed by atoms with Crippen LogP contribution in [0, 0.1) is 5.92 Å². The number of hydrogen-bond donors (Lipinski definition) is 2. The summed E-state index contributed by atoms with van der Waals surface area (Å²) in [5.41, 5.74) is 7.71. The molecule has 0 saturated carbocycles. The SMILES string of the molecule is NCc1ccccc1CC(=O)N1CCC(CO)C1. The predicted octanol–water partition coefficient (Wildman–Crippen LogP) is 0.529. The van der Waals surface area contributed by atoms with Gasteiger partial charge in [0, 0.05) is 32.2 Å². The molecule has 0 aliphatic carbocycles. The number of aliphatic hydroxyl groups is 1. The Morgan fingerprint density at radius 1 is 1.39 bits per heavy atom. The molecule has 1 heterocycles. The summed E-state index contributed by atoms with van der Waals surface area (Å²) in [5.74, 6) is 0.380. The number of amides is 1. The highest BCUT2D eigenvalue weighted by molar-refractivity contribution is 5.79. The minimum absolute atomic E-state index is 0.131. The summed E-state index contributed by atoms with van der Waals surface area (Å²) in [6.45, 7) is 2.07. The van der Waals surface area contributed by atoms with Gasteiger partial charge >= 0.3 is 0 Å². The van der Waals surface area contributed by atoms with Gasteiger partial charge in [-0.1, -0.05) is 24.3 Å². The maximum absolute atomic E-state index is 12.1. The zero-order valence-corrected chi connectivity index (χ0v) is 10.5. The smallest absolute Gasteiger partial charge is 0.227 e. The minimum atomic E-state index is 0.131. The number of nitrogens with two attached hydrogens (primary N) is 1. The van der Waals surface area contributed by atoms with Gasteiger partial charge in [0.05, 0.1) is 6.42 Å². The van der Waals surface area contributed by atoms with Crippen LogP contribution in [0.25, 0.3) is 0 Å². The van der Waals surface area contributed by atoms with E-state index in [2.05, 4.69) is 0 Å². The Hall–Kier alpha value is -1.39. The molecule has 1 saturated heterocycles. The lowest BCUT2D eigenvalue weighted by Gasteiger charge is -2.17. The number of likely N-dealkylation sites (tertiary alicyclic amines) is 1. The molecule has 1 fully saturated rings. The molecule has 1 aliphatic heterocycles. The average Bonchev–Trinajstić information content (AvgIpc) is 2.88. The largest absolute Gasteiger partial charge is 0.396 e. The summed E-state index contributed by atoms with van der Waals surface area (Å²) in [5, 5.41) is 9.08. The number of rotatable bonds is 4. The van der Waals surface area contributed by atoms with Crippen molar-refractivity contribution in [2.75, 3.05) is 19.7 Å². The number of carbonyl (C=O) groups is 1. The first kappa shape index (κ1) is 13.1. The van der Waals surface area contributed by atoms with E-state index in [0.29, 0.717) is 19.5 Å². The highest BCUT2D eigenvalue weighted by Crippen LogP contribution is 2.17. The fourth-order valence-corrected chi connectivity index (χ4v) is 2.41. The number of aliphatic hydroxyl groups excluding tert-OH is 1. The molecule has 1 aliphatic rings. The van der Waals surface area contributed by atoms with E-state index in [1.807, 2.05) is 29.2 Å². The molecule has 98 valence electrons. The van der Waals surface area contributed by atoms with E-state index in [1.54, 1.807) is 0 Å². The normalized spacial score (nSPS) is 19.2. The Bertz CT molecular complexity index is 420. The van der Waals surface area contributed by atoms with Crippen LogP contribution < -0.4 is 5.73 Å². The Labute approximate surface area is 107 Å². The van der Waals surface area contributed by atoms with Crippen LogP contribution >= 0.6 is 0 Å². The van der Waals surface area contributed by atoms with E-state index < -0.39 is 0 Å². The van der Waals surface area contributed by atoms with Crippen molar-refractivity contribution < 1.29 is 9.90 Å². The summed E-state index contributed by atoms with van der Waals surface area (Å²) in [7, 11) is 0. The fourth-order valence-electron chi connectivity index (χ4n) is 2.41. The van der Waals surface area contributed by atoms with Gasteiger partial charge in [-0.05, 0) is 17.5 Å². The second-order valence-electron chi connectivity index (χ2n) is 4.83. The number of carbonyl (C=O) groups excluding carboxylic acids is 1. The Morgan fingerprint density at radius 3 is 2.72 bits per heavy atom. The van der Waals surface area contributed by atoms with Crippen molar-refractivity contribution >= 4 is 5.91 Å². The lowest BCUT2D eigenvalue weighted by atomic mass is 10.0. The third kappa shape index (κ3) is 2.89. The second kappa shape index (κ2) is 5.98. The van der Waals surface area contributed by atoms with Crippen LogP contribution in [-0.4, -0.2) is 35.6 Å². The van der Waals surface area contributed by atoms with Crippen LogP contribution in [0.1, 0.15) is 17.5 Å². The predicted molar refractivity (Wildman–Crippen MR) is 69.8 cm³/mol. The maximum atomic E-state index is 12.1. The maximum Gasteiger partial charge on any atom is 0.227 e. The first-order valence-electron chi connectivity index (χ1n) is 6.40. The van der Waals surface area contributed by atoms with Gasteiger partial charge in [0.2, 0.25) is 5.91 Å². The van der Waals surface area contributed by atoms with Crippen LogP contribution in [0.5, 0.6) is 0 Å². The second-order valence-corrected chi connectivity index (χ2v) is 4.83. The van der Waals surface area contributed by atoms with Gasteiger partial charge in [-0.15, -0.1) is 0 Å². The molecule has 1 unspecified atom stereocenters. The Balaban J connectivity index is 1.99. The highest BCUT2D eigenvalue weighted by Gasteiger charge is 2.25. The van der Waals surface area contributed by atoms with E-state index in [1.165, 1.54) is 0 Å².